The number of carbonyl (C=O) groups is 1. The molecule has 0 saturated carbocycles. The summed E-state index contributed by atoms with van der Waals surface area (Å²) in [5.41, 5.74) is 0.484. The summed E-state index contributed by atoms with van der Waals surface area (Å²) in [5.74, 6) is -0.102. The third-order valence-electron chi connectivity index (χ3n) is 1.55. The largest absolute Gasteiger partial charge is 0.324 e. The van der Waals surface area contributed by atoms with Crippen LogP contribution in [0.1, 0.15) is 13.3 Å². The predicted molar refractivity (Wildman–Crippen MR) is 55.4 cm³/mol. The molecule has 0 unspecified atom stereocenters. The molecule has 0 saturated heterocycles. The highest BCUT2D eigenvalue weighted by molar-refractivity contribution is 6.39. The summed E-state index contributed by atoms with van der Waals surface area (Å²) in [6.07, 6.45) is 0.404. The maximum atomic E-state index is 11.1. The first-order valence-electron chi connectivity index (χ1n) is 3.89. The van der Waals surface area contributed by atoms with E-state index in [2.05, 4.69) is 5.32 Å². The van der Waals surface area contributed by atoms with Gasteiger partial charge in [0.2, 0.25) is 5.91 Å². The molecule has 0 heterocycles. The van der Waals surface area contributed by atoms with Gasteiger partial charge in [0.05, 0.1) is 15.7 Å². The average Bonchev–Trinajstić information content (AvgIpc) is 2.11. The van der Waals surface area contributed by atoms with Crippen molar-refractivity contribution in [3.05, 3.63) is 28.2 Å². The molecule has 1 rings (SSSR count). The third-order valence-corrected chi connectivity index (χ3v) is 2.18. The van der Waals surface area contributed by atoms with Crippen LogP contribution in [0.2, 0.25) is 10.0 Å². The summed E-state index contributed by atoms with van der Waals surface area (Å²) in [5, 5.41) is 3.53. The Morgan fingerprint density at radius 3 is 2.38 bits per heavy atom. The van der Waals surface area contributed by atoms with E-state index in [4.69, 9.17) is 23.2 Å². The fraction of sp³-hybridized carbons (Fsp3) is 0.222. The summed E-state index contributed by atoms with van der Waals surface area (Å²) < 4.78 is 0. The van der Waals surface area contributed by atoms with Crippen molar-refractivity contribution in [1.29, 1.82) is 0 Å². The lowest BCUT2D eigenvalue weighted by atomic mass is 10.3. The number of benzene rings is 1. The van der Waals surface area contributed by atoms with Gasteiger partial charge in [-0.05, 0) is 12.1 Å². The maximum absolute atomic E-state index is 11.1. The van der Waals surface area contributed by atoms with Gasteiger partial charge >= 0.3 is 0 Å². The second-order valence-electron chi connectivity index (χ2n) is 2.50. The monoisotopic (exact) mass is 217 g/mol. The summed E-state index contributed by atoms with van der Waals surface area (Å²) in [6, 6.07) is 5.09. The fourth-order valence-electron chi connectivity index (χ4n) is 0.845. The highest BCUT2D eigenvalue weighted by atomic mass is 35.5. The number of carbonyl (C=O) groups excluding carboxylic acids is 1. The number of hydrogen-bond acceptors (Lipinski definition) is 1. The van der Waals surface area contributed by atoms with Crippen molar-refractivity contribution in [3.8, 4) is 0 Å². The second-order valence-corrected chi connectivity index (χ2v) is 3.31. The van der Waals surface area contributed by atoms with E-state index in [9.17, 15) is 4.79 Å². The van der Waals surface area contributed by atoms with Crippen LogP contribution in [0.5, 0.6) is 0 Å². The van der Waals surface area contributed by atoms with Crippen molar-refractivity contribution < 1.29 is 4.79 Å². The van der Waals surface area contributed by atoms with Crippen LogP contribution in [0.4, 0.5) is 5.69 Å². The van der Waals surface area contributed by atoms with E-state index >= 15 is 0 Å². The maximum Gasteiger partial charge on any atom is 0.224 e. The molecule has 0 radical (unpaired) electrons. The Morgan fingerprint density at radius 2 is 1.92 bits per heavy atom. The van der Waals surface area contributed by atoms with Gasteiger partial charge < -0.3 is 5.32 Å². The Labute approximate surface area is 86.8 Å². The summed E-state index contributed by atoms with van der Waals surface area (Å²) in [7, 11) is 0. The minimum atomic E-state index is -0.102. The normalized spacial score (nSPS) is 9.77. The number of halogens is 2. The van der Waals surface area contributed by atoms with Crippen molar-refractivity contribution in [2.45, 2.75) is 13.3 Å². The van der Waals surface area contributed by atoms with Crippen LogP contribution < -0.4 is 5.32 Å². The molecule has 4 heteroatoms. The second kappa shape index (κ2) is 4.49. The number of para-hydroxylation sites is 1. The standard InChI is InChI=1S/C9H9Cl2NO/c1-2-8(13)12-9-6(10)4-3-5-7(9)11/h3-5H,2H2,1H3,(H,12,13). The first-order chi connectivity index (χ1) is 6.15. The molecule has 0 aliphatic heterocycles. The van der Waals surface area contributed by atoms with Crippen molar-refractivity contribution in [2.75, 3.05) is 5.32 Å². The molecule has 13 heavy (non-hydrogen) atoms. The Bertz CT molecular complexity index is 305. The Balaban J connectivity index is 2.93. The van der Waals surface area contributed by atoms with Crippen LogP contribution in [0, 0.1) is 0 Å². The van der Waals surface area contributed by atoms with Gasteiger partial charge in [-0.25, -0.2) is 0 Å². The third kappa shape index (κ3) is 2.61. The smallest absolute Gasteiger partial charge is 0.224 e. The Hall–Kier alpha value is -0.730. The van der Waals surface area contributed by atoms with Crippen molar-refractivity contribution in [2.24, 2.45) is 0 Å². The summed E-state index contributed by atoms with van der Waals surface area (Å²) in [4.78, 5) is 11.1. The fourth-order valence-corrected chi connectivity index (χ4v) is 1.34. The number of hydrogen-bond donors (Lipinski definition) is 1. The first-order valence-corrected chi connectivity index (χ1v) is 4.64. The van der Waals surface area contributed by atoms with Crippen LogP contribution in [-0.2, 0) is 4.79 Å². The van der Waals surface area contributed by atoms with Crippen LogP contribution in [0.15, 0.2) is 18.2 Å². The van der Waals surface area contributed by atoms with E-state index in [1.54, 1.807) is 25.1 Å². The zero-order chi connectivity index (χ0) is 9.84. The van der Waals surface area contributed by atoms with Crippen LogP contribution >= 0.6 is 23.2 Å². The van der Waals surface area contributed by atoms with Crippen LogP contribution in [0.3, 0.4) is 0 Å². The van der Waals surface area contributed by atoms with Gasteiger partial charge in [0.25, 0.3) is 0 Å². The molecule has 0 bridgehead atoms. The van der Waals surface area contributed by atoms with Gasteiger partial charge in [0.15, 0.2) is 0 Å². The molecule has 0 aliphatic carbocycles. The van der Waals surface area contributed by atoms with Gasteiger partial charge in [-0.2, -0.15) is 0 Å². The minimum absolute atomic E-state index is 0.102. The predicted octanol–water partition coefficient (Wildman–Crippen LogP) is 3.34. The zero-order valence-electron chi connectivity index (χ0n) is 7.10. The van der Waals surface area contributed by atoms with Crippen molar-refractivity contribution in [1.82, 2.24) is 0 Å². The molecule has 1 aromatic carbocycles. The lowest BCUT2D eigenvalue weighted by Crippen LogP contribution is -2.10. The summed E-state index contributed by atoms with van der Waals surface area (Å²) >= 11 is 11.7. The molecule has 2 nitrogen and oxygen atoms in total. The average molecular weight is 218 g/mol. The molecule has 0 atom stereocenters. The van der Waals surface area contributed by atoms with E-state index < -0.39 is 0 Å². The van der Waals surface area contributed by atoms with E-state index in [-0.39, 0.29) is 5.91 Å². The van der Waals surface area contributed by atoms with Crippen LogP contribution in [-0.4, -0.2) is 5.91 Å². The molecule has 0 aliphatic rings. The van der Waals surface area contributed by atoms with Gasteiger partial charge in [-0.15, -0.1) is 0 Å². The molecule has 1 N–H and O–H groups in total. The topological polar surface area (TPSA) is 29.1 Å². The molecule has 0 fully saturated rings. The SMILES string of the molecule is CCC(=O)Nc1c(Cl)cccc1Cl. The van der Waals surface area contributed by atoms with E-state index in [0.29, 0.717) is 22.2 Å². The van der Waals surface area contributed by atoms with Crippen molar-refractivity contribution in [3.63, 3.8) is 0 Å². The quantitative estimate of drug-likeness (QED) is 0.810. The van der Waals surface area contributed by atoms with Gasteiger partial charge in [-0.3, -0.25) is 4.79 Å². The number of amides is 1. The lowest BCUT2D eigenvalue weighted by molar-refractivity contribution is -0.115. The van der Waals surface area contributed by atoms with Gasteiger partial charge in [0.1, 0.15) is 0 Å². The van der Waals surface area contributed by atoms with Crippen LogP contribution in [0.25, 0.3) is 0 Å². The zero-order valence-corrected chi connectivity index (χ0v) is 8.62. The van der Waals surface area contributed by atoms with E-state index in [1.165, 1.54) is 0 Å². The van der Waals surface area contributed by atoms with E-state index in [1.807, 2.05) is 0 Å². The highest BCUT2D eigenvalue weighted by Gasteiger charge is 2.07. The molecule has 0 spiro atoms. The van der Waals surface area contributed by atoms with Gasteiger partial charge in [-0.1, -0.05) is 36.2 Å². The number of rotatable bonds is 2. The molecule has 1 aromatic rings. The highest BCUT2D eigenvalue weighted by Crippen LogP contribution is 2.29. The minimum Gasteiger partial charge on any atom is -0.324 e. The Kier molecular flexibility index (Phi) is 3.58. The van der Waals surface area contributed by atoms with Crippen molar-refractivity contribution >= 4 is 34.8 Å². The molecular formula is C9H9Cl2NO. The summed E-state index contributed by atoms with van der Waals surface area (Å²) in [6.45, 7) is 1.76. The molecular weight excluding hydrogens is 209 g/mol. The Morgan fingerprint density at radius 1 is 1.38 bits per heavy atom. The molecule has 70 valence electrons. The first kappa shape index (κ1) is 10.4. The number of anilines is 1. The van der Waals surface area contributed by atoms with E-state index in [0.717, 1.165) is 0 Å². The van der Waals surface area contributed by atoms with Gasteiger partial charge in [0, 0.05) is 6.42 Å². The molecule has 0 aromatic heterocycles. The number of nitrogens with one attached hydrogen (secondary N) is 1. The molecule has 1 amide bonds. The lowest BCUT2D eigenvalue weighted by Gasteiger charge is -2.07.